The predicted octanol–water partition coefficient (Wildman–Crippen LogP) is 1.58. The van der Waals surface area contributed by atoms with E-state index in [0.29, 0.717) is 22.6 Å². The molecule has 0 saturated carbocycles. The van der Waals surface area contributed by atoms with Crippen molar-refractivity contribution >= 4 is 18.0 Å². The van der Waals surface area contributed by atoms with Crippen LogP contribution in [0, 0.1) is 0 Å². The molecule has 0 spiro atoms. The molecule has 0 bridgehead atoms. The summed E-state index contributed by atoms with van der Waals surface area (Å²) < 4.78 is 10.4. The number of ether oxygens (including phenoxy) is 2. The second-order valence-corrected chi connectivity index (χ2v) is 4.95. The Bertz CT molecular complexity index is 760. The number of hydrogen-bond acceptors (Lipinski definition) is 5. The van der Waals surface area contributed by atoms with Crippen molar-refractivity contribution in [2.45, 2.75) is 0 Å². The molecular weight excluding hydrogens is 322 g/mol. The number of carbonyl (C=O) groups excluding carboxylic acids is 2. The molecule has 0 fully saturated rings. The summed E-state index contributed by atoms with van der Waals surface area (Å²) in [6, 6.07) is 13.9. The van der Waals surface area contributed by atoms with Gasteiger partial charge < -0.3 is 14.8 Å². The normalized spacial score (nSPS) is 10.3. The van der Waals surface area contributed by atoms with E-state index in [4.69, 9.17) is 9.47 Å². The average molecular weight is 341 g/mol. The van der Waals surface area contributed by atoms with E-state index >= 15 is 0 Å². The van der Waals surface area contributed by atoms with Crippen LogP contribution in [0.1, 0.15) is 15.9 Å². The zero-order valence-corrected chi connectivity index (χ0v) is 14.0. The molecule has 2 aromatic carbocycles. The first-order valence-electron chi connectivity index (χ1n) is 7.51. The molecule has 0 radical (unpaired) electrons. The minimum atomic E-state index is -0.442. The zero-order valence-electron chi connectivity index (χ0n) is 14.0. The summed E-state index contributed by atoms with van der Waals surface area (Å²) in [4.78, 5) is 23.6. The quantitative estimate of drug-likeness (QED) is 0.591. The summed E-state index contributed by atoms with van der Waals surface area (Å²) >= 11 is 0. The Morgan fingerprint density at radius 3 is 2.52 bits per heavy atom. The minimum Gasteiger partial charge on any atom is -0.497 e. The second-order valence-electron chi connectivity index (χ2n) is 4.95. The zero-order chi connectivity index (χ0) is 18.1. The van der Waals surface area contributed by atoms with Gasteiger partial charge in [0.15, 0.2) is 0 Å². The van der Waals surface area contributed by atoms with E-state index in [-0.39, 0.29) is 12.5 Å². The molecule has 0 saturated heterocycles. The topological polar surface area (TPSA) is 89.0 Å². The van der Waals surface area contributed by atoms with E-state index in [1.165, 1.54) is 13.3 Å². The Hall–Kier alpha value is -3.35. The molecule has 0 unspecified atom stereocenters. The van der Waals surface area contributed by atoms with Crippen LogP contribution >= 0.6 is 0 Å². The summed E-state index contributed by atoms with van der Waals surface area (Å²) in [6.45, 7) is -0.180. The van der Waals surface area contributed by atoms with Gasteiger partial charge in [0.1, 0.15) is 11.5 Å². The molecule has 0 aliphatic rings. The van der Waals surface area contributed by atoms with E-state index in [2.05, 4.69) is 15.8 Å². The molecule has 2 amide bonds. The van der Waals surface area contributed by atoms with Crippen molar-refractivity contribution in [1.82, 2.24) is 10.7 Å². The molecule has 0 aliphatic carbocycles. The molecule has 2 N–H and O–H groups in total. The monoisotopic (exact) mass is 341 g/mol. The first-order valence-corrected chi connectivity index (χ1v) is 7.51. The highest BCUT2D eigenvalue weighted by atomic mass is 16.5. The summed E-state index contributed by atoms with van der Waals surface area (Å²) in [5, 5.41) is 6.38. The van der Waals surface area contributed by atoms with Gasteiger partial charge in [-0.1, -0.05) is 18.2 Å². The fourth-order valence-corrected chi connectivity index (χ4v) is 2.01. The highest BCUT2D eigenvalue weighted by Crippen LogP contribution is 2.22. The van der Waals surface area contributed by atoms with Gasteiger partial charge >= 0.3 is 0 Å². The lowest BCUT2D eigenvalue weighted by molar-refractivity contribution is -0.120. The molecule has 25 heavy (non-hydrogen) atoms. The lowest BCUT2D eigenvalue weighted by atomic mass is 10.2. The fraction of sp³-hybridized carbons (Fsp3) is 0.167. The Morgan fingerprint density at radius 2 is 1.84 bits per heavy atom. The molecule has 2 aromatic rings. The summed E-state index contributed by atoms with van der Waals surface area (Å²) in [5.41, 5.74) is 3.48. The first kappa shape index (κ1) is 18.0. The summed E-state index contributed by atoms with van der Waals surface area (Å²) in [6.07, 6.45) is 1.44. The Labute approximate surface area is 145 Å². The van der Waals surface area contributed by atoms with Crippen molar-refractivity contribution in [3.63, 3.8) is 0 Å². The highest BCUT2D eigenvalue weighted by molar-refractivity contribution is 5.96. The highest BCUT2D eigenvalue weighted by Gasteiger charge is 2.07. The van der Waals surface area contributed by atoms with Gasteiger partial charge in [0.25, 0.3) is 11.8 Å². The standard InChI is InChI=1S/C18H19N3O4/c1-24-15-8-9-16(25-2)14(10-15)11-20-21-17(22)12-19-18(23)13-6-4-3-5-7-13/h3-11H,12H2,1-2H3,(H,19,23)(H,21,22)/b20-11+. The number of nitrogens with one attached hydrogen (secondary N) is 2. The summed E-state index contributed by atoms with van der Waals surface area (Å²) in [7, 11) is 3.09. The first-order chi connectivity index (χ1) is 12.1. The van der Waals surface area contributed by atoms with E-state index in [9.17, 15) is 9.59 Å². The molecule has 7 nitrogen and oxygen atoms in total. The number of hydrazone groups is 1. The van der Waals surface area contributed by atoms with E-state index in [1.807, 2.05) is 6.07 Å². The van der Waals surface area contributed by atoms with Crippen molar-refractivity contribution in [2.24, 2.45) is 5.10 Å². The predicted molar refractivity (Wildman–Crippen MR) is 94.1 cm³/mol. The van der Waals surface area contributed by atoms with Gasteiger partial charge in [-0.15, -0.1) is 0 Å². The minimum absolute atomic E-state index is 0.180. The summed E-state index contributed by atoms with van der Waals surface area (Å²) in [5.74, 6) is 0.469. The number of nitrogens with zero attached hydrogens (tertiary/aromatic N) is 1. The van der Waals surface area contributed by atoms with E-state index < -0.39 is 5.91 Å². The third-order valence-electron chi connectivity index (χ3n) is 3.28. The number of methoxy groups -OCH3 is 2. The number of hydrogen-bond donors (Lipinski definition) is 2. The van der Waals surface area contributed by atoms with Crippen LogP contribution in [0.15, 0.2) is 53.6 Å². The van der Waals surface area contributed by atoms with Gasteiger partial charge in [-0.3, -0.25) is 9.59 Å². The van der Waals surface area contributed by atoms with Crippen LogP contribution < -0.4 is 20.2 Å². The maximum absolute atomic E-state index is 11.8. The maximum atomic E-state index is 11.8. The van der Waals surface area contributed by atoms with Crippen LogP contribution in [0.3, 0.4) is 0 Å². The second kappa shape index (κ2) is 9.07. The molecule has 0 atom stereocenters. The maximum Gasteiger partial charge on any atom is 0.259 e. The number of benzene rings is 2. The third kappa shape index (κ3) is 5.35. The third-order valence-corrected chi connectivity index (χ3v) is 3.28. The largest absolute Gasteiger partial charge is 0.497 e. The van der Waals surface area contributed by atoms with Gasteiger partial charge in [0, 0.05) is 11.1 Å². The van der Waals surface area contributed by atoms with Crippen LogP contribution in [0.4, 0.5) is 0 Å². The molecule has 130 valence electrons. The number of carbonyl (C=O) groups is 2. The average Bonchev–Trinajstić information content (AvgIpc) is 2.66. The van der Waals surface area contributed by atoms with Crippen molar-refractivity contribution in [3.05, 3.63) is 59.7 Å². The van der Waals surface area contributed by atoms with Gasteiger partial charge in [-0.05, 0) is 30.3 Å². The van der Waals surface area contributed by atoms with Crippen LogP contribution in [-0.2, 0) is 4.79 Å². The van der Waals surface area contributed by atoms with Gasteiger partial charge in [0.05, 0.1) is 27.0 Å². The van der Waals surface area contributed by atoms with Gasteiger partial charge in [0.2, 0.25) is 0 Å². The van der Waals surface area contributed by atoms with Crippen LogP contribution in [0.25, 0.3) is 0 Å². The number of amides is 2. The van der Waals surface area contributed by atoms with E-state index in [0.717, 1.165) is 0 Å². The van der Waals surface area contributed by atoms with Crippen LogP contribution in [0.2, 0.25) is 0 Å². The van der Waals surface area contributed by atoms with Crippen molar-refractivity contribution in [1.29, 1.82) is 0 Å². The molecule has 0 aliphatic heterocycles. The van der Waals surface area contributed by atoms with Crippen LogP contribution in [0.5, 0.6) is 11.5 Å². The van der Waals surface area contributed by atoms with Gasteiger partial charge in [-0.25, -0.2) is 5.43 Å². The van der Waals surface area contributed by atoms with Crippen molar-refractivity contribution < 1.29 is 19.1 Å². The Balaban J connectivity index is 1.87. The molecular formula is C18H19N3O4. The fourth-order valence-electron chi connectivity index (χ4n) is 2.01. The number of rotatable bonds is 7. The van der Waals surface area contributed by atoms with Crippen molar-refractivity contribution in [2.75, 3.05) is 20.8 Å². The lowest BCUT2D eigenvalue weighted by Crippen LogP contribution is -2.34. The van der Waals surface area contributed by atoms with Gasteiger partial charge in [-0.2, -0.15) is 5.10 Å². The van der Waals surface area contributed by atoms with Crippen LogP contribution in [-0.4, -0.2) is 38.8 Å². The molecule has 2 rings (SSSR count). The van der Waals surface area contributed by atoms with Crippen molar-refractivity contribution in [3.8, 4) is 11.5 Å². The molecule has 7 heteroatoms. The SMILES string of the molecule is COc1ccc(OC)c(/C=N/NC(=O)CNC(=O)c2ccccc2)c1. The molecule has 0 heterocycles. The molecule has 0 aromatic heterocycles. The Kier molecular flexibility index (Phi) is 6.53. The Morgan fingerprint density at radius 1 is 1.08 bits per heavy atom. The smallest absolute Gasteiger partial charge is 0.259 e. The van der Waals surface area contributed by atoms with E-state index in [1.54, 1.807) is 49.6 Å². The lowest BCUT2D eigenvalue weighted by Gasteiger charge is -2.07.